The van der Waals surface area contributed by atoms with Gasteiger partial charge in [0.2, 0.25) is 5.91 Å². The summed E-state index contributed by atoms with van der Waals surface area (Å²) >= 11 is 10.3. The van der Waals surface area contributed by atoms with Gasteiger partial charge < -0.3 is 10.6 Å². The van der Waals surface area contributed by atoms with Crippen LogP contribution in [0.15, 0.2) is 23.1 Å². The Balaban J connectivity index is 2.26. The van der Waals surface area contributed by atoms with Crippen LogP contribution < -0.4 is 5.73 Å². The van der Waals surface area contributed by atoms with Crippen molar-refractivity contribution < 1.29 is 9.59 Å². The molecule has 108 valence electrons. The van der Waals surface area contributed by atoms with Crippen molar-refractivity contribution in [2.45, 2.75) is 30.7 Å². The third kappa shape index (κ3) is 3.10. The van der Waals surface area contributed by atoms with Crippen LogP contribution in [0.5, 0.6) is 0 Å². The summed E-state index contributed by atoms with van der Waals surface area (Å²) in [5.41, 5.74) is 5.77. The first-order chi connectivity index (χ1) is 9.40. The molecule has 0 aromatic heterocycles. The minimum Gasteiger partial charge on any atom is -0.369 e. The molecule has 20 heavy (non-hydrogen) atoms. The van der Waals surface area contributed by atoms with Gasteiger partial charge in [0.25, 0.3) is 5.91 Å². The van der Waals surface area contributed by atoms with E-state index in [1.54, 1.807) is 23.1 Å². The topological polar surface area (TPSA) is 63.4 Å². The predicted molar refractivity (Wildman–Crippen MR) is 81.1 cm³/mol. The summed E-state index contributed by atoms with van der Waals surface area (Å²) in [6.07, 6.45) is 1.48. The minimum absolute atomic E-state index is 0.0674. The number of benzene rings is 1. The Bertz CT molecular complexity index is 550. The first-order valence-electron chi connectivity index (χ1n) is 6.49. The number of primary amides is 1. The molecule has 2 amide bonds. The molecule has 0 aliphatic carbocycles. The van der Waals surface area contributed by atoms with Gasteiger partial charge in [-0.05, 0) is 38.0 Å². The molecule has 2 atom stereocenters. The molecule has 1 heterocycles. The molecule has 2 N–H and O–H groups in total. The fourth-order valence-electron chi connectivity index (χ4n) is 2.45. The molecule has 2 unspecified atom stereocenters. The lowest BCUT2D eigenvalue weighted by Gasteiger charge is -2.37. The Kier molecular flexibility index (Phi) is 4.60. The molecule has 6 heteroatoms. The number of nitrogens with two attached hydrogens (primary N) is 1. The van der Waals surface area contributed by atoms with Gasteiger partial charge >= 0.3 is 0 Å². The highest BCUT2D eigenvalue weighted by Gasteiger charge is 2.32. The summed E-state index contributed by atoms with van der Waals surface area (Å²) in [6.45, 7) is 2.32. The molecule has 1 aromatic rings. The van der Waals surface area contributed by atoms with Crippen LogP contribution in [0.2, 0.25) is 5.02 Å². The van der Waals surface area contributed by atoms with Crippen LogP contribution in [0.3, 0.4) is 0 Å². The van der Waals surface area contributed by atoms with Crippen LogP contribution in [0.25, 0.3) is 0 Å². The van der Waals surface area contributed by atoms with Crippen LogP contribution in [0.4, 0.5) is 0 Å². The highest BCUT2D eigenvalue weighted by Crippen LogP contribution is 2.27. The summed E-state index contributed by atoms with van der Waals surface area (Å²) in [6, 6.07) is 5.09. The van der Waals surface area contributed by atoms with Gasteiger partial charge in [-0.2, -0.15) is 0 Å². The number of nitrogens with zero attached hydrogens (tertiary/aromatic N) is 1. The Morgan fingerprint density at radius 1 is 1.40 bits per heavy atom. The molecule has 1 aromatic carbocycles. The number of halogens is 1. The number of amides is 2. The maximum atomic E-state index is 12.6. The van der Waals surface area contributed by atoms with Crippen LogP contribution in [-0.4, -0.2) is 29.3 Å². The van der Waals surface area contributed by atoms with E-state index in [2.05, 4.69) is 12.6 Å². The van der Waals surface area contributed by atoms with E-state index in [0.29, 0.717) is 22.0 Å². The number of likely N-dealkylation sites (tertiary alicyclic amines) is 1. The van der Waals surface area contributed by atoms with E-state index in [9.17, 15) is 9.59 Å². The molecule has 0 bridgehead atoms. The summed E-state index contributed by atoms with van der Waals surface area (Å²) in [5.74, 6) is -0.818. The highest BCUT2D eigenvalue weighted by atomic mass is 35.5. The van der Waals surface area contributed by atoms with Crippen molar-refractivity contribution in [3.63, 3.8) is 0 Å². The van der Waals surface area contributed by atoms with Gasteiger partial charge in [0.05, 0.1) is 16.5 Å². The summed E-state index contributed by atoms with van der Waals surface area (Å²) < 4.78 is 0. The zero-order valence-corrected chi connectivity index (χ0v) is 12.8. The number of hydrogen-bond acceptors (Lipinski definition) is 3. The molecule has 1 aliphatic rings. The number of carbonyl (C=O) groups excluding carboxylic acids is 2. The molecule has 4 nitrogen and oxygen atoms in total. The van der Waals surface area contributed by atoms with E-state index in [4.69, 9.17) is 17.3 Å². The Morgan fingerprint density at radius 2 is 2.10 bits per heavy atom. The molecule has 1 fully saturated rings. The van der Waals surface area contributed by atoms with E-state index in [1.165, 1.54) is 0 Å². The average Bonchev–Trinajstić information content (AvgIpc) is 2.41. The SMILES string of the molecule is CC1CCC(C(N)=O)CN1C(=O)c1cc(S)ccc1Cl. The van der Waals surface area contributed by atoms with Crippen molar-refractivity contribution in [3.05, 3.63) is 28.8 Å². The monoisotopic (exact) mass is 312 g/mol. The van der Waals surface area contributed by atoms with Gasteiger partial charge in [-0.15, -0.1) is 12.6 Å². The van der Waals surface area contributed by atoms with Crippen molar-refractivity contribution in [2.75, 3.05) is 6.54 Å². The minimum atomic E-state index is -0.358. The lowest BCUT2D eigenvalue weighted by atomic mass is 9.92. The number of hydrogen-bond donors (Lipinski definition) is 2. The van der Waals surface area contributed by atoms with Crippen LogP contribution >= 0.6 is 24.2 Å². The quantitative estimate of drug-likeness (QED) is 0.823. The number of piperidine rings is 1. The average molecular weight is 313 g/mol. The van der Waals surface area contributed by atoms with E-state index in [-0.39, 0.29) is 23.8 Å². The fraction of sp³-hybridized carbons (Fsp3) is 0.429. The Morgan fingerprint density at radius 3 is 2.75 bits per heavy atom. The zero-order chi connectivity index (χ0) is 14.9. The number of thiol groups is 1. The van der Waals surface area contributed by atoms with Gasteiger partial charge in [0.1, 0.15) is 0 Å². The van der Waals surface area contributed by atoms with Crippen LogP contribution in [0, 0.1) is 5.92 Å². The molecule has 1 aliphatic heterocycles. The van der Waals surface area contributed by atoms with Crippen molar-refractivity contribution in [3.8, 4) is 0 Å². The molecular weight excluding hydrogens is 296 g/mol. The summed E-state index contributed by atoms with van der Waals surface area (Å²) in [4.78, 5) is 26.3. The molecular formula is C14H17ClN2O2S. The van der Waals surface area contributed by atoms with E-state index in [0.717, 1.165) is 12.8 Å². The third-order valence-electron chi connectivity index (χ3n) is 3.73. The number of rotatable bonds is 2. The first-order valence-corrected chi connectivity index (χ1v) is 7.31. The van der Waals surface area contributed by atoms with Gasteiger partial charge in [-0.3, -0.25) is 9.59 Å². The van der Waals surface area contributed by atoms with Crippen molar-refractivity contribution >= 4 is 36.0 Å². The second-order valence-corrected chi connectivity index (χ2v) is 6.07. The molecule has 0 radical (unpaired) electrons. The molecule has 2 rings (SSSR count). The molecule has 0 saturated carbocycles. The van der Waals surface area contributed by atoms with Gasteiger partial charge in [-0.25, -0.2) is 0 Å². The lowest BCUT2D eigenvalue weighted by molar-refractivity contribution is -0.123. The largest absolute Gasteiger partial charge is 0.369 e. The number of carbonyl (C=O) groups is 2. The summed E-state index contributed by atoms with van der Waals surface area (Å²) in [7, 11) is 0. The van der Waals surface area contributed by atoms with Gasteiger partial charge in [0, 0.05) is 17.5 Å². The third-order valence-corrected chi connectivity index (χ3v) is 4.33. The highest BCUT2D eigenvalue weighted by molar-refractivity contribution is 7.80. The fourth-order valence-corrected chi connectivity index (χ4v) is 2.86. The lowest BCUT2D eigenvalue weighted by Crippen LogP contribution is -2.48. The Labute approximate surface area is 128 Å². The second-order valence-electron chi connectivity index (χ2n) is 5.15. The standard InChI is InChI=1S/C14H17ClN2O2S/c1-8-2-3-9(13(16)18)7-17(8)14(19)11-6-10(20)4-5-12(11)15/h4-6,8-9,20H,2-3,7H2,1H3,(H2,16,18). The first kappa shape index (κ1) is 15.2. The van der Waals surface area contributed by atoms with Gasteiger partial charge in [-0.1, -0.05) is 11.6 Å². The van der Waals surface area contributed by atoms with Crippen LogP contribution in [0.1, 0.15) is 30.1 Å². The van der Waals surface area contributed by atoms with E-state index < -0.39 is 0 Å². The molecule has 0 spiro atoms. The smallest absolute Gasteiger partial charge is 0.255 e. The van der Waals surface area contributed by atoms with E-state index in [1.807, 2.05) is 6.92 Å². The summed E-state index contributed by atoms with van der Waals surface area (Å²) in [5, 5.41) is 0.390. The maximum absolute atomic E-state index is 12.6. The Hall–Kier alpha value is -1.20. The molecule has 1 saturated heterocycles. The van der Waals surface area contributed by atoms with Gasteiger partial charge in [0.15, 0.2) is 0 Å². The predicted octanol–water partition coefficient (Wildman–Crippen LogP) is 2.35. The second kappa shape index (κ2) is 6.06. The van der Waals surface area contributed by atoms with E-state index >= 15 is 0 Å². The zero-order valence-electron chi connectivity index (χ0n) is 11.2. The normalized spacial score (nSPS) is 22.6. The van der Waals surface area contributed by atoms with Crippen molar-refractivity contribution in [2.24, 2.45) is 11.7 Å². The van der Waals surface area contributed by atoms with Crippen molar-refractivity contribution in [1.29, 1.82) is 0 Å². The maximum Gasteiger partial charge on any atom is 0.255 e. The van der Waals surface area contributed by atoms with Crippen LogP contribution in [-0.2, 0) is 4.79 Å². The van der Waals surface area contributed by atoms with Crippen molar-refractivity contribution in [1.82, 2.24) is 4.90 Å².